The lowest BCUT2D eigenvalue weighted by atomic mass is 9.92. The van der Waals surface area contributed by atoms with Gasteiger partial charge in [-0.25, -0.2) is 8.42 Å². The van der Waals surface area contributed by atoms with Crippen molar-refractivity contribution in [3.8, 4) is 0 Å². The number of nitrogens with two attached hydrogens (primary N) is 1. The van der Waals surface area contributed by atoms with Crippen LogP contribution in [0, 0.1) is 0 Å². The number of fused-ring (bicyclic) bond motifs is 1. The highest BCUT2D eigenvalue weighted by Crippen LogP contribution is 2.33. The van der Waals surface area contributed by atoms with Crippen molar-refractivity contribution in [3.63, 3.8) is 0 Å². The van der Waals surface area contributed by atoms with E-state index in [0.29, 0.717) is 29.1 Å². The monoisotopic (exact) mass is 376 g/mol. The molecule has 1 heterocycles. The quantitative estimate of drug-likeness (QED) is 0.639. The van der Waals surface area contributed by atoms with Crippen LogP contribution in [0.15, 0.2) is 64.6 Å². The topological polar surface area (TPSA) is 63.4 Å². The van der Waals surface area contributed by atoms with E-state index >= 15 is 0 Å². The second-order valence-corrected chi connectivity index (χ2v) is 8.28. The fourth-order valence-electron chi connectivity index (χ4n) is 3.62. The highest BCUT2D eigenvalue weighted by atomic mass is 35.5. The number of nitrogen functional groups attached to an aromatic ring is 1. The smallest absolute Gasteiger partial charge is 0.243 e. The molecular formula is C19H21ClN2O2S. The Morgan fingerprint density at radius 1 is 0.920 bits per heavy atom. The molecule has 2 aliphatic rings. The van der Waals surface area contributed by atoms with Gasteiger partial charge in [0.25, 0.3) is 0 Å². The molecule has 25 heavy (non-hydrogen) atoms. The van der Waals surface area contributed by atoms with Crippen LogP contribution in [0.5, 0.6) is 0 Å². The van der Waals surface area contributed by atoms with Gasteiger partial charge in [0.2, 0.25) is 10.0 Å². The van der Waals surface area contributed by atoms with Crippen molar-refractivity contribution in [3.05, 3.63) is 59.7 Å². The summed E-state index contributed by atoms with van der Waals surface area (Å²) < 4.78 is 28.1. The van der Waals surface area contributed by atoms with Crippen molar-refractivity contribution in [1.29, 1.82) is 0 Å². The van der Waals surface area contributed by atoms with E-state index in [-0.39, 0.29) is 12.4 Å². The van der Waals surface area contributed by atoms with Gasteiger partial charge < -0.3 is 5.73 Å². The van der Waals surface area contributed by atoms with E-state index in [1.54, 1.807) is 28.6 Å². The summed E-state index contributed by atoms with van der Waals surface area (Å²) in [4.78, 5) is 0.350. The van der Waals surface area contributed by atoms with Crippen LogP contribution in [0.1, 0.15) is 19.3 Å². The molecule has 0 unspecified atom stereocenters. The van der Waals surface area contributed by atoms with Crippen LogP contribution in [-0.4, -0.2) is 25.8 Å². The van der Waals surface area contributed by atoms with Crippen LogP contribution >= 0.6 is 12.4 Å². The maximum Gasteiger partial charge on any atom is 0.243 e. The number of anilines is 1. The van der Waals surface area contributed by atoms with Crippen LogP contribution in [0.25, 0.3) is 10.8 Å². The van der Waals surface area contributed by atoms with Gasteiger partial charge >= 0.3 is 0 Å². The minimum absolute atomic E-state index is 0. The number of allylic oxidation sites excluding steroid dienone is 2. The molecule has 6 heteroatoms. The molecule has 2 aromatic rings. The number of sulfonamides is 1. The van der Waals surface area contributed by atoms with Crippen LogP contribution in [0.3, 0.4) is 0 Å². The van der Waals surface area contributed by atoms with Crippen molar-refractivity contribution >= 4 is 38.9 Å². The van der Waals surface area contributed by atoms with Crippen molar-refractivity contribution in [2.75, 3.05) is 18.8 Å². The zero-order chi connectivity index (χ0) is 16.7. The molecule has 1 aliphatic carbocycles. The summed E-state index contributed by atoms with van der Waals surface area (Å²) >= 11 is 0. The molecule has 0 atom stereocenters. The molecular weight excluding hydrogens is 356 g/mol. The highest BCUT2D eigenvalue weighted by molar-refractivity contribution is 7.89. The third-order valence-electron chi connectivity index (χ3n) is 4.96. The Labute approximate surface area is 154 Å². The van der Waals surface area contributed by atoms with Crippen LogP contribution in [0.2, 0.25) is 0 Å². The van der Waals surface area contributed by atoms with Gasteiger partial charge in [0.05, 0.1) is 4.90 Å². The first-order chi connectivity index (χ1) is 11.6. The Morgan fingerprint density at radius 3 is 2.40 bits per heavy atom. The largest absolute Gasteiger partial charge is 0.398 e. The van der Waals surface area contributed by atoms with Crippen LogP contribution in [-0.2, 0) is 10.0 Å². The molecule has 0 spiro atoms. The lowest BCUT2D eigenvalue weighted by Gasteiger charge is -2.31. The normalized spacial score (nSPS) is 18.1. The number of rotatable bonds is 2. The maximum atomic E-state index is 13.2. The predicted molar refractivity (Wildman–Crippen MR) is 104 cm³/mol. The van der Waals surface area contributed by atoms with E-state index < -0.39 is 10.0 Å². The van der Waals surface area contributed by atoms with Gasteiger partial charge in [-0.1, -0.05) is 47.6 Å². The summed E-state index contributed by atoms with van der Waals surface area (Å²) in [6.07, 6.45) is 6.97. The summed E-state index contributed by atoms with van der Waals surface area (Å²) in [5.74, 6) is 0. The number of benzene rings is 2. The summed E-state index contributed by atoms with van der Waals surface area (Å²) in [5, 5.41) is 1.48. The number of halogens is 1. The van der Waals surface area contributed by atoms with Gasteiger partial charge in [0, 0.05) is 29.5 Å². The third kappa shape index (κ3) is 3.08. The van der Waals surface area contributed by atoms with Crippen molar-refractivity contribution < 1.29 is 8.42 Å². The van der Waals surface area contributed by atoms with Crippen LogP contribution < -0.4 is 5.73 Å². The Balaban J connectivity index is 0.00000182. The Morgan fingerprint density at radius 2 is 1.60 bits per heavy atom. The highest BCUT2D eigenvalue weighted by Gasteiger charge is 2.30. The standard InChI is InChI=1S/C19H20N2O2S.ClH/c20-18-9-3-8-17-16(18)7-4-10-19(17)24(22,23)21-12-11-14-5-1-2-6-15(14)13-21;/h1-4,7-10H,5-6,11-13,20H2;1H. The van der Waals surface area contributed by atoms with Gasteiger partial charge in [-0.15, -0.1) is 12.4 Å². The van der Waals surface area contributed by atoms with Gasteiger partial charge in [0.1, 0.15) is 0 Å². The average Bonchev–Trinajstić information content (AvgIpc) is 2.61. The molecule has 0 bridgehead atoms. The van der Waals surface area contributed by atoms with Gasteiger partial charge in [0.15, 0.2) is 0 Å². The second-order valence-electron chi connectivity index (χ2n) is 6.37. The van der Waals surface area contributed by atoms with Crippen molar-refractivity contribution in [1.82, 2.24) is 4.31 Å². The predicted octanol–water partition coefficient (Wildman–Crippen LogP) is 3.88. The summed E-state index contributed by atoms with van der Waals surface area (Å²) in [6.45, 7) is 1.05. The molecule has 0 fully saturated rings. The molecule has 0 radical (unpaired) electrons. The Bertz CT molecular complexity index is 980. The fraction of sp³-hybridized carbons (Fsp3) is 0.263. The Hall–Kier alpha value is -1.82. The first-order valence-corrected chi connectivity index (χ1v) is 9.63. The summed E-state index contributed by atoms with van der Waals surface area (Å²) in [7, 11) is -3.54. The molecule has 0 aromatic heterocycles. The van der Waals surface area contributed by atoms with E-state index in [4.69, 9.17) is 5.73 Å². The molecule has 2 aromatic carbocycles. The molecule has 1 aliphatic heterocycles. The zero-order valence-corrected chi connectivity index (χ0v) is 15.4. The minimum Gasteiger partial charge on any atom is -0.398 e. The molecule has 0 saturated heterocycles. The summed E-state index contributed by atoms with van der Waals surface area (Å²) in [6, 6.07) is 10.7. The molecule has 132 valence electrons. The van der Waals surface area contributed by atoms with Crippen molar-refractivity contribution in [2.24, 2.45) is 0 Å². The molecule has 2 N–H and O–H groups in total. The first kappa shape index (κ1) is 18.0. The SMILES string of the molecule is Cl.Nc1cccc2c(S(=O)(=O)N3CCC4=C(CC=CC4)C3)cccc12. The minimum atomic E-state index is -3.54. The number of hydrogen-bond donors (Lipinski definition) is 1. The van der Waals surface area contributed by atoms with E-state index in [1.165, 1.54) is 11.1 Å². The molecule has 4 rings (SSSR count). The maximum absolute atomic E-state index is 13.2. The van der Waals surface area contributed by atoms with Gasteiger partial charge in [-0.3, -0.25) is 0 Å². The van der Waals surface area contributed by atoms with Gasteiger partial charge in [-0.05, 0) is 31.4 Å². The van der Waals surface area contributed by atoms with E-state index in [0.717, 1.165) is 24.6 Å². The third-order valence-corrected chi connectivity index (χ3v) is 6.86. The van der Waals surface area contributed by atoms with Gasteiger partial charge in [-0.2, -0.15) is 4.31 Å². The lowest BCUT2D eigenvalue weighted by molar-refractivity contribution is 0.415. The van der Waals surface area contributed by atoms with E-state index in [2.05, 4.69) is 12.2 Å². The lowest BCUT2D eigenvalue weighted by Crippen LogP contribution is -2.37. The average molecular weight is 377 g/mol. The summed E-state index contributed by atoms with van der Waals surface area (Å²) in [5.41, 5.74) is 9.28. The molecule has 4 nitrogen and oxygen atoms in total. The molecule has 0 saturated carbocycles. The first-order valence-electron chi connectivity index (χ1n) is 8.19. The second kappa shape index (κ2) is 6.83. The number of hydrogen-bond acceptors (Lipinski definition) is 3. The Kier molecular flexibility index (Phi) is 4.91. The molecule has 0 amide bonds. The van der Waals surface area contributed by atoms with E-state index in [9.17, 15) is 8.42 Å². The van der Waals surface area contributed by atoms with Crippen molar-refractivity contribution in [2.45, 2.75) is 24.2 Å². The van der Waals surface area contributed by atoms with Crippen LogP contribution in [0.4, 0.5) is 5.69 Å². The zero-order valence-electron chi connectivity index (χ0n) is 13.8. The van der Waals surface area contributed by atoms with E-state index in [1.807, 2.05) is 12.1 Å². The number of nitrogens with zero attached hydrogens (tertiary/aromatic N) is 1. The fourth-order valence-corrected chi connectivity index (χ4v) is 5.26.